The average Bonchev–Trinajstić information content (AvgIpc) is 3.20. The number of aromatic amines is 1. The monoisotopic (exact) mass is 241 g/mol. The Labute approximate surface area is 105 Å². The van der Waals surface area contributed by atoms with E-state index in [4.69, 9.17) is 0 Å². The van der Waals surface area contributed by atoms with Crippen LogP contribution in [0.1, 0.15) is 41.4 Å². The number of aromatic nitrogens is 3. The lowest BCUT2D eigenvalue weighted by Crippen LogP contribution is -2.17. The fourth-order valence-electron chi connectivity index (χ4n) is 2.02. The van der Waals surface area contributed by atoms with Crippen molar-refractivity contribution in [2.75, 3.05) is 0 Å². The summed E-state index contributed by atoms with van der Waals surface area (Å²) >= 11 is 0. The predicted molar refractivity (Wildman–Crippen MR) is 68.6 cm³/mol. The van der Waals surface area contributed by atoms with Crippen LogP contribution in [0.3, 0.4) is 0 Å². The Morgan fingerprint density at radius 3 is 2.94 bits per heavy atom. The van der Waals surface area contributed by atoms with E-state index in [-0.39, 0.29) is 5.56 Å². The van der Waals surface area contributed by atoms with Crippen molar-refractivity contribution in [2.45, 2.75) is 32.1 Å². The van der Waals surface area contributed by atoms with Gasteiger partial charge in [0, 0.05) is 30.3 Å². The summed E-state index contributed by atoms with van der Waals surface area (Å²) in [6.45, 7) is 1.83. The molecule has 2 aromatic rings. The lowest BCUT2D eigenvalue weighted by Gasteiger charge is -2.06. The fourth-order valence-corrected chi connectivity index (χ4v) is 2.02. The molecule has 1 saturated carbocycles. The van der Waals surface area contributed by atoms with Crippen LogP contribution in [0.5, 0.6) is 0 Å². The molecule has 92 valence electrons. The van der Waals surface area contributed by atoms with Crippen LogP contribution in [-0.4, -0.2) is 15.0 Å². The predicted octanol–water partition coefficient (Wildman–Crippen LogP) is 1.94. The zero-order valence-electron chi connectivity index (χ0n) is 10.3. The molecule has 1 aliphatic carbocycles. The van der Waals surface area contributed by atoms with Gasteiger partial charge in [-0.05, 0) is 31.4 Å². The van der Waals surface area contributed by atoms with Crippen LogP contribution >= 0.6 is 0 Å². The van der Waals surface area contributed by atoms with Crippen molar-refractivity contribution in [3.05, 3.63) is 57.5 Å². The topological polar surface area (TPSA) is 58.6 Å². The second-order valence-corrected chi connectivity index (χ2v) is 4.84. The van der Waals surface area contributed by atoms with E-state index in [2.05, 4.69) is 15.0 Å². The van der Waals surface area contributed by atoms with Crippen molar-refractivity contribution >= 4 is 0 Å². The van der Waals surface area contributed by atoms with Gasteiger partial charge < -0.3 is 4.98 Å². The summed E-state index contributed by atoms with van der Waals surface area (Å²) in [6.07, 6.45) is 6.51. The Bertz CT molecular complexity index is 615. The number of nitrogens with zero attached hydrogens (tertiary/aromatic N) is 2. The van der Waals surface area contributed by atoms with Crippen molar-refractivity contribution in [2.24, 2.45) is 0 Å². The minimum absolute atomic E-state index is 0.00853. The standard InChI is InChI=1S/C14H15N3O/c1-9-12(7-10-3-2-6-15-8-10)16-13(11-4-5-11)17-14(9)18/h2-3,6,8,11H,4-5,7H2,1H3,(H,16,17,18). The molecule has 2 aromatic heterocycles. The maximum atomic E-state index is 11.9. The minimum Gasteiger partial charge on any atom is -0.310 e. The molecule has 18 heavy (non-hydrogen) atoms. The number of pyridine rings is 1. The van der Waals surface area contributed by atoms with Crippen LogP contribution in [0, 0.1) is 6.92 Å². The second kappa shape index (κ2) is 4.37. The van der Waals surface area contributed by atoms with Gasteiger partial charge in [-0.2, -0.15) is 0 Å². The summed E-state index contributed by atoms with van der Waals surface area (Å²) in [5.41, 5.74) is 2.66. The molecule has 0 saturated heterocycles. The van der Waals surface area contributed by atoms with Gasteiger partial charge in [-0.15, -0.1) is 0 Å². The zero-order valence-corrected chi connectivity index (χ0v) is 10.3. The Hall–Kier alpha value is -1.97. The van der Waals surface area contributed by atoms with Gasteiger partial charge in [0.15, 0.2) is 0 Å². The maximum absolute atomic E-state index is 11.9. The molecular formula is C14H15N3O. The molecule has 0 unspecified atom stereocenters. The molecule has 0 aromatic carbocycles. The smallest absolute Gasteiger partial charge is 0.254 e. The molecule has 0 spiro atoms. The van der Waals surface area contributed by atoms with Crippen LogP contribution in [0.25, 0.3) is 0 Å². The highest BCUT2D eigenvalue weighted by molar-refractivity contribution is 5.25. The summed E-state index contributed by atoms with van der Waals surface area (Å²) in [4.78, 5) is 23.4. The molecule has 4 nitrogen and oxygen atoms in total. The Morgan fingerprint density at radius 1 is 1.44 bits per heavy atom. The summed E-state index contributed by atoms with van der Waals surface area (Å²) in [5, 5.41) is 0. The van der Waals surface area contributed by atoms with Gasteiger partial charge in [0.05, 0.1) is 5.69 Å². The Kier molecular flexibility index (Phi) is 2.70. The van der Waals surface area contributed by atoms with E-state index in [9.17, 15) is 4.79 Å². The molecule has 1 fully saturated rings. The molecule has 0 bridgehead atoms. The van der Waals surface area contributed by atoms with Crippen molar-refractivity contribution < 1.29 is 0 Å². The van der Waals surface area contributed by atoms with Crippen LogP contribution in [0.2, 0.25) is 0 Å². The van der Waals surface area contributed by atoms with Gasteiger partial charge in [0.25, 0.3) is 5.56 Å². The molecule has 1 aliphatic rings. The highest BCUT2D eigenvalue weighted by atomic mass is 16.1. The molecule has 0 amide bonds. The number of nitrogens with one attached hydrogen (secondary N) is 1. The third-order valence-corrected chi connectivity index (χ3v) is 3.33. The highest BCUT2D eigenvalue weighted by Crippen LogP contribution is 2.37. The third-order valence-electron chi connectivity index (χ3n) is 3.33. The summed E-state index contributed by atoms with van der Waals surface area (Å²) in [6, 6.07) is 3.91. The fraction of sp³-hybridized carbons (Fsp3) is 0.357. The molecule has 2 heterocycles. The van der Waals surface area contributed by atoms with E-state index in [0.29, 0.717) is 17.9 Å². The first-order valence-corrected chi connectivity index (χ1v) is 6.22. The number of rotatable bonds is 3. The quantitative estimate of drug-likeness (QED) is 0.893. The maximum Gasteiger partial charge on any atom is 0.254 e. The van der Waals surface area contributed by atoms with Crippen molar-refractivity contribution in [1.29, 1.82) is 0 Å². The molecular weight excluding hydrogens is 226 g/mol. The largest absolute Gasteiger partial charge is 0.310 e. The number of H-pyrrole nitrogens is 1. The lowest BCUT2D eigenvalue weighted by molar-refractivity contribution is 0.853. The van der Waals surface area contributed by atoms with Crippen molar-refractivity contribution in [3.8, 4) is 0 Å². The first kappa shape index (κ1) is 11.1. The van der Waals surface area contributed by atoms with E-state index in [1.807, 2.05) is 25.3 Å². The summed E-state index contributed by atoms with van der Waals surface area (Å²) < 4.78 is 0. The molecule has 3 rings (SSSR count). The summed E-state index contributed by atoms with van der Waals surface area (Å²) in [5.74, 6) is 1.32. The van der Waals surface area contributed by atoms with E-state index in [0.717, 1.165) is 29.9 Å². The molecule has 0 radical (unpaired) electrons. The van der Waals surface area contributed by atoms with Gasteiger partial charge in [-0.1, -0.05) is 6.07 Å². The van der Waals surface area contributed by atoms with E-state index < -0.39 is 0 Å². The average molecular weight is 241 g/mol. The third kappa shape index (κ3) is 2.18. The van der Waals surface area contributed by atoms with Gasteiger partial charge in [0.1, 0.15) is 5.82 Å². The number of hydrogen-bond donors (Lipinski definition) is 1. The zero-order chi connectivity index (χ0) is 12.5. The van der Waals surface area contributed by atoms with E-state index >= 15 is 0 Å². The number of hydrogen-bond acceptors (Lipinski definition) is 3. The molecule has 0 atom stereocenters. The molecule has 1 N–H and O–H groups in total. The van der Waals surface area contributed by atoms with Gasteiger partial charge >= 0.3 is 0 Å². The first-order valence-electron chi connectivity index (χ1n) is 6.22. The first-order chi connectivity index (χ1) is 8.74. The van der Waals surface area contributed by atoms with Crippen LogP contribution < -0.4 is 5.56 Å². The van der Waals surface area contributed by atoms with E-state index in [1.54, 1.807) is 6.20 Å². The Morgan fingerprint density at radius 2 is 2.28 bits per heavy atom. The van der Waals surface area contributed by atoms with E-state index in [1.165, 1.54) is 0 Å². The van der Waals surface area contributed by atoms with Crippen molar-refractivity contribution in [1.82, 2.24) is 15.0 Å². The Balaban J connectivity index is 1.97. The molecule has 4 heteroatoms. The second-order valence-electron chi connectivity index (χ2n) is 4.84. The molecule has 0 aliphatic heterocycles. The van der Waals surface area contributed by atoms with Crippen LogP contribution in [-0.2, 0) is 6.42 Å². The summed E-state index contributed by atoms with van der Waals surface area (Å²) in [7, 11) is 0. The SMILES string of the molecule is Cc1c(Cc2cccnc2)nc(C2CC2)[nH]c1=O. The van der Waals surface area contributed by atoms with Crippen LogP contribution in [0.15, 0.2) is 29.3 Å². The van der Waals surface area contributed by atoms with Crippen LogP contribution in [0.4, 0.5) is 0 Å². The van der Waals surface area contributed by atoms with Gasteiger partial charge in [-0.3, -0.25) is 9.78 Å². The van der Waals surface area contributed by atoms with Gasteiger partial charge in [0.2, 0.25) is 0 Å². The van der Waals surface area contributed by atoms with Crippen molar-refractivity contribution in [3.63, 3.8) is 0 Å². The minimum atomic E-state index is -0.00853. The highest BCUT2D eigenvalue weighted by Gasteiger charge is 2.27. The normalized spacial score (nSPS) is 14.7. The lowest BCUT2D eigenvalue weighted by atomic mass is 10.1. The van der Waals surface area contributed by atoms with Gasteiger partial charge in [-0.25, -0.2) is 4.98 Å².